The molecule has 0 atom stereocenters. The average Bonchev–Trinajstić information content (AvgIpc) is 2.74. The van der Waals surface area contributed by atoms with Crippen LogP contribution in [-0.4, -0.2) is 34.2 Å². The average molecular weight is 239 g/mol. The standard InChI is InChI=1S/C11H17N3O3/c1-4-16-6-5-14-7-10(12-13-14)8-17-11(15)9(2)3/h7H,2,4-6,8H2,1,3H3. The first kappa shape index (κ1) is 13.4. The summed E-state index contributed by atoms with van der Waals surface area (Å²) in [5.74, 6) is -0.422. The zero-order chi connectivity index (χ0) is 12.7. The zero-order valence-electron chi connectivity index (χ0n) is 10.2. The number of nitrogens with zero attached hydrogens (tertiary/aromatic N) is 3. The molecule has 1 aromatic heterocycles. The van der Waals surface area contributed by atoms with Crippen LogP contribution in [0.25, 0.3) is 0 Å². The third-order valence-electron chi connectivity index (χ3n) is 1.95. The highest BCUT2D eigenvalue weighted by molar-refractivity contribution is 5.86. The zero-order valence-corrected chi connectivity index (χ0v) is 10.2. The van der Waals surface area contributed by atoms with Gasteiger partial charge in [-0.25, -0.2) is 9.48 Å². The summed E-state index contributed by atoms with van der Waals surface area (Å²) in [6, 6.07) is 0. The molecule has 0 N–H and O–H groups in total. The normalized spacial score (nSPS) is 10.2. The Hall–Kier alpha value is -1.69. The van der Waals surface area contributed by atoms with Gasteiger partial charge in [0, 0.05) is 12.2 Å². The van der Waals surface area contributed by atoms with E-state index in [2.05, 4.69) is 16.9 Å². The summed E-state index contributed by atoms with van der Waals surface area (Å²) in [6.45, 7) is 9.04. The molecular weight excluding hydrogens is 222 g/mol. The van der Waals surface area contributed by atoms with Gasteiger partial charge in [0.1, 0.15) is 12.3 Å². The molecule has 0 aliphatic carbocycles. The topological polar surface area (TPSA) is 66.2 Å². The molecule has 6 heteroatoms. The lowest BCUT2D eigenvalue weighted by molar-refractivity contribution is -0.140. The van der Waals surface area contributed by atoms with E-state index in [-0.39, 0.29) is 6.61 Å². The number of ether oxygens (including phenoxy) is 2. The lowest BCUT2D eigenvalue weighted by Gasteiger charge is -2.01. The summed E-state index contributed by atoms with van der Waals surface area (Å²) in [5, 5.41) is 7.76. The van der Waals surface area contributed by atoms with Gasteiger partial charge < -0.3 is 9.47 Å². The first-order chi connectivity index (χ1) is 8.13. The number of hydrogen-bond donors (Lipinski definition) is 0. The summed E-state index contributed by atoms with van der Waals surface area (Å²) in [7, 11) is 0. The molecule has 0 saturated heterocycles. The predicted molar refractivity (Wildman–Crippen MR) is 61.1 cm³/mol. The van der Waals surface area contributed by atoms with E-state index in [4.69, 9.17) is 9.47 Å². The maximum absolute atomic E-state index is 11.1. The van der Waals surface area contributed by atoms with Crippen LogP contribution in [0.1, 0.15) is 19.5 Å². The van der Waals surface area contributed by atoms with E-state index >= 15 is 0 Å². The summed E-state index contributed by atoms with van der Waals surface area (Å²) >= 11 is 0. The van der Waals surface area contributed by atoms with Crippen molar-refractivity contribution in [1.82, 2.24) is 15.0 Å². The van der Waals surface area contributed by atoms with E-state index in [1.54, 1.807) is 17.8 Å². The SMILES string of the molecule is C=C(C)C(=O)OCc1cn(CCOCC)nn1. The molecule has 1 heterocycles. The molecule has 0 aliphatic rings. The van der Waals surface area contributed by atoms with Crippen molar-refractivity contribution < 1.29 is 14.3 Å². The minimum absolute atomic E-state index is 0.111. The first-order valence-electron chi connectivity index (χ1n) is 5.43. The number of carbonyl (C=O) groups excluding carboxylic acids is 1. The second-order valence-electron chi connectivity index (χ2n) is 3.53. The van der Waals surface area contributed by atoms with Crippen LogP contribution in [0.4, 0.5) is 0 Å². The van der Waals surface area contributed by atoms with E-state index in [0.717, 1.165) is 0 Å². The molecule has 1 aromatic rings. The van der Waals surface area contributed by atoms with Crippen molar-refractivity contribution >= 4 is 5.97 Å². The minimum atomic E-state index is -0.422. The Morgan fingerprint density at radius 2 is 2.35 bits per heavy atom. The molecule has 0 radical (unpaired) electrons. The summed E-state index contributed by atoms with van der Waals surface area (Å²) < 4.78 is 11.8. The van der Waals surface area contributed by atoms with Crippen LogP contribution in [0.2, 0.25) is 0 Å². The van der Waals surface area contributed by atoms with Crippen molar-refractivity contribution in [3.05, 3.63) is 24.0 Å². The number of hydrogen-bond acceptors (Lipinski definition) is 5. The van der Waals surface area contributed by atoms with E-state index in [9.17, 15) is 4.79 Å². The molecule has 0 amide bonds. The van der Waals surface area contributed by atoms with Gasteiger partial charge in [0.25, 0.3) is 0 Å². The Labute approximate surface area is 100 Å². The fourth-order valence-electron chi connectivity index (χ4n) is 1.08. The van der Waals surface area contributed by atoms with Crippen molar-refractivity contribution in [3.8, 4) is 0 Å². The molecule has 0 unspecified atom stereocenters. The van der Waals surface area contributed by atoms with Gasteiger partial charge in [-0.3, -0.25) is 0 Å². The maximum Gasteiger partial charge on any atom is 0.333 e. The Bertz CT molecular complexity index is 387. The van der Waals surface area contributed by atoms with Gasteiger partial charge in [0.2, 0.25) is 0 Å². The van der Waals surface area contributed by atoms with Gasteiger partial charge in [-0.15, -0.1) is 5.10 Å². The Kier molecular flexibility index (Phi) is 5.35. The molecule has 0 bridgehead atoms. The van der Waals surface area contributed by atoms with Crippen molar-refractivity contribution in [3.63, 3.8) is 0 Å². The molecule has 0 saturated carbocycles. The third kappa shape index (κ3) is 4.78. The lowest BCUT2D eigenvalue weighted by Crippen LogP contribution is -2.06. The number of rotatable bonds is 7. The highest BCUT2D eigenvalue weighted by atomic mass is 16.5. The van der Waals surface area contributed by atoms with Gasteiger partial charge in [0.05, 0.1) is 19.3 Å². The van der Waals surface area contributed by atoms with E-state index in [1.807, 2.05) is 6.92 Å². The molecule has 94 valence electrons. The highest BCUT2D eigenvalue weighted by Crippen LogP contribution is 1.99. The number of esters is 1. The third-order valence-corrected chi connectivity index (χ3v) is 1.95. The van der Waals surface area contributed by atoms with Crippen LogP contribution in [0.15, 0.2) is 18.3 Å². The fourth-order valence-corrected chi connectivity index (χ4v) is 1.08. The summed E-state index contributed by atoms with van der Waals surface area (Å²) in [6.07, 6.45) is 1.73. The van der Waals surface area contributed by atoms with E-state index in [0.29, 0.717) is 31.0 Å². The van der Waals surface area contributed by atoms with Crippen LogP contribution in [0.3, 0.4) is 0 Å². The van der Waals surface area contributed by atoms with Crippen molar-refractivity contribution in [2.24, 2.45) is 0 Å². The van der Waals surface area contributed by atoms with Crippen molar-refractivity contribution in [2.45, 2.75) is 27.0 Å². The smallest absolute Gasteiger partial charge is 0.333 e. The number of carbonyl (C=O) groups is 1. The van der Waals surface area contributed by atoms with Crippen LogP contribution < -0.4 is 0 Å². The largest absolute Gasteiger partial charge is 0.456 e. The van der Waals surface area contributed by atoms with E-state index < -0.39 is 5.97 Å². The fraction of sp³-hybridized carbons (Fsp3) is 0.545. The van der Waals surface area contributed by atoms with Crippen LogP contribution in [-0.2, 0) is 27.4 Å². The summed E-state index contributed by atoms with van der Waals surface area (Å²) in [5.41, 5.74) is 0.977. The molecular formula is C11H17N3O3. The van der Waals surface area contributed by atoms with Gasteiger partial charge in [0.15, 0.2) is 0 Å². The van der Waals surface area contributed by atoms with Crippen molar-refractivity contribution in [1.29, 1.82) is 0 Å². The van der Waals surface area contributed by atoms with Crippen LogP contribution in [0, 0.1) is 0 Å². The van der Waals surface area contributed by atoms with Crippen molar-refractivity contribution in [2.75, 3.05) is 13.2 Å². The van der Waals surface area contributed by atoms with Crippen LogP contribution in [0.5, 0.6) is 0 Å². The Balaban J connectivity index is 2.35. The minimum Gasteiger partial charge on any atom is -0.456 e. The van der Waals surface area contributed by atoms with E-state index in [1.165, 1.54) is 0 Å². The maximum atomic E-state index is 11.1. The van der Waals surface area contributed by atoms with Gasteiger partial charge in [-0.05, 0) is 13.8 Å². The molecule has 6 nitrogen and oxygen atoms in total. The van der Waals surface area contributed by atoms with Crippen LogP contribution >= 0.6 is 0 Å². The monoisotopic (exact) mass is 239 g/mol. The Morgan fingerprint density at radius 1 is 1.59 bits per heavy atom. The molecule has 0 fully saturated rings. The highest BCUT2D eigenvalue weighted by Gasteiger charge is 2.06. The van der Waals surface area contributed by atoms with Gasteiger partial charge in [-0.1, -0.05) is 11.8 Å². The second kappa shape index (κ2) is 6.80. The quantitative estimate of drug-likeness (QED) is 0.402. The van der Waals surface area contributed by atoms with Gasteiger partial charge in [-0.2, -0.15) is 0 Å². The second-order valence-corrected chi connectivity index (χ2v) is 3.53. The Morgan fingerprint density at radius 3 is 3.00 bits per heavy atom. The first-order valence-corrected chi connectivity index (χ1v) is 5.43. The van der Waals surface area contributed by atoms with Gasteiger partial charge >= 0.3 is 5.97 Å². The number of aromatic nitrogens is 3. The lowest BCUT2D eigenvalue weighted by atomic mass is 10.4. The molecule has 17 heavy (non-hydrogen) atoms. The summed E-state index contributed by atoms with van der Waals surface area (Å²) in [4.78, 5) is 11.1. The molecule has 0 aromatic carbocycles. The molecule has 0 aliphatic heterocycles. The predicted octanol–water partition coefficient (Wildman–Crippen LogP) is 0.934. The molecule has 0 spiro atoms. The molecule has 1 rings (SSSR count).